The number of nitrogens with zero attached hydrogens (tertiary/aromatic N) is 2. The number of hydrogen-bond acceptors (Lipinski definition) is 3. The van der Waals surface area contributed by atoms with E-state index >= 15 is 0 Å². The smallest absolute Gasteiger partial charge is 0.138 e. The van der Waals surface area contributed by atoms with Gasteiger partial charge in [-0.15, -0.1) is 0 Å². The van der Waals surface area contributed by atoms with Crippen molar-refractivity contribution in [2.75, 3.05) is 13.7 Å². The molecule has 1 aliphatic rings. The minimum Gasteiger partial charge on any atom is -0.495 e. The zero-order chi connectivity index (χ0) is 12.5. The van der Waals surface area contributed by atoms with Gasteiger partial charge >= 0.3 is 0 Å². The van der Waals surface area contributed by atoms with Crippen LogP contribution in [0.1, 0.15) is 5.82 Å². The summed E-state index contributed by atoms with van der Waals surface area (Å²) in [6.45, 7) is 2.74. The summed E-state index contributed by atoms with van der Waals surface area (Å²) in [5, 5.41) is 3.93. The molecule has 0 bridgehead atoms. The first-order valence-corrected chi connectivity index (χ1v) is 6.26. The van der Waals surface area contributed by atoms with E-state index in [0.717, 1.165) is 36.7 Å². The number of methoxy groups -OCH3 is 1. The van der Waals surface area contributed by atoms with E-state index in [9.17, 15) is 0 Å². The average molecular weight is 264 g/mol. The molecule has 3 rings (SSSR count). The van der Waals surface area contributed by atoms with Crippen LogP contribution in [0.25, 0.3) is 11.3 Å². The summed E-state index contributed by atoms with van der Waals surface area (Å²) >= 11 is 6.04. The van der Waals surface area contributed by atoms with Gasteiger partial charge < -0.3 is 14.6 Å². The van der Waals surface area contributed by atoms with Gasteiger partial charge in [-0.3, -0.25) is 0 Å². The molecule has 0 saturated carbocycles. The number of imidazole rings is 1. The van der Waals surface area contributed by atoms with Gasteiger partial charge in [0, 0.05) is 18.7 Å². The first kappa shape index (κ1) is 11.6. The maximum Gasteiger partial charge on any atom is 0.138 e. The lowest BCUT2D eigenvalue weighted by molar-refractivity contribution is 0.415. The van der Waals surface area contributed by atoms with E-state index in [4.69, 9.17) is 16.3 Å². The molecule has 0 aliphatic carbocycles. The molecule has 2 heterocycles. The van der Waals surface area contributed by atoms with Crippen molar-refractivity contribution in [1.29, 1.82) is 0 Å². The lowest BCUT2D eigenvalue weighted by atomic mass is 10.1. The first-order chi connectivity index (χ1) is 8.79. The topological polar surface area (TPSA) is 39.1 Å². The quantitative estimate of drug-likeness (QED) is 0.904. The number of fused-ring (bicyclic) bond motifs is 1. The monoisotopic (exact) mass is 263 g/mol. The highest BCUT2D eigenvalue weighted by Crippen LogP contribution is 2.31. The molecule has 1 aromatic heterocycles. The summed E-state index contributed by atoms with van der Waals surface area (Å²) in [5.41, 5.74) is 2.19. The average Bonchev–Trinajstić information content (AvgIpc) is 2.83. The van der Waals surface area contributed by atoms with Crippen molar-refractivity contribution in [1.82, 2.24) is 14.9 Å². The fourth-order valence-electron chi connectivity index (χ4n) is 2.25. The highest BCUT2D eigenvalue weighted by atomic mass is 35.5. The molecular formula is C13H14ClN3O. The van der Waals surface area contributed by atoms with Gasteiger partial charge in [0.1, 0.15) is 11.6 Å². The fourth-order valence-corrected chi connectivity index (χ4v) is 2.44. The molecule has 0 spiro atoms. The molecule has 0 unspecified atom stereocenters. The summed E-state index contributed by atoms with van der Waals surface area (Å²) < 4.78 is 7.49. The maximum absolute atomic E-state index is 6.04. The number of benzene rings is 1. The standard InChI is InChI=1S/C13H14ClN3O/c1-18-12-6-9(2-3-10(12)14)11-7-16-13-8-15-4-5-17(11)13/h2-3,6-7,15H,4-5,8H2,1H3. The number of halogens is 1. The Labute approximate surface area is 111 Å². The number of hydrogen-bond donors (Lipinski definition) is 1. The van der Waals surface area contributed by atoms with Crippen molar-refractivity contribution in [3.05, 3.63) is 35.2 Å². The maximum atomic E-state index is 6.04. The number of rotatable bonds is 2. The van der Waals surface area contributed by atoms with Crippen molar-refractivity contribution in [3.8, 4) is 17.0 Å². The minimum absolute atomic E-state index is 0.626. The molecule has 0 fully saturated rings. The highest BCUT2D eigenvalue weighted by Gasteiger charge is 2.15. The molecule has 18 heavy (non-hydrogen) atoms. The van der Waals surface area contributed by atoms with E-state index in [1.165, 1.54) is 0 Å². The van der Waals surface area contributed by atoms with Crippen LogP contribution in [0.5, 0.6) is 5.75 Å². The second-order valence-corrected chi connectivity index (χ2v) is 4.64. The third-order valence-electron chi connectivity index (χ3n) is 3.18. The van der Waals surface area contributed by atoms with Gasteiger partial charge in [-0.2, -0.15) is 0 Å². The van der Waals surface area contributed by atoms with Crippen LogP contribution < -0.4 is 10.1 Å². The fraction of sp³-hybridized carbons (Fsp3) is 0.308. The van der Waals surface area contributed by atoms with Crippen molar-refractivity contribution in [2.45, 2.75) is 13.1 Å². The molecule has 0 saturated heterocycles. The van der Waals surface area contributed by atoms with Crippen molar-refractivity contribution in [2.24, 2.45) is 0 Å². The molecule has 94 valence electrons. The molecule has 1 aliphatic heterocycles. The highest BCUT2D eigenvalue weighted by molar-refractivity contribution is 6.32. The van der Waals surface area contributed by atoms with E-state index in [2.05, 4.69) is 14.9 Å². The van der Waals surface area contributed by atoms with E-state index in [0.29, 0.717) is 10.8 Å². The molecule has 2 aromatic rings. The van der Waals surface area contributed by atoms with Crippen LogP contribution in [0.15, 0.2) is 24.4 Å². The van der Waals surface area contributed by atoms with Gasteiger partial charge in [-0.05, 0) is 12.1 Å². The third-order valence-corrected chi connectivity index (χ3v) is 3.49. The van der Waals surface area contributed by atoms with Crippen molar-refractivity contribution in [3.63, 3.8) is 0 Å². The van der Waals surface area contributed by atoms with E-state index in [1.54, 1.807) is 7.11 Å². The second kappa shape index (κ2) is 4.63. The largest absolute Gasteiger partial charge is 0.495 e. The van der Waals surface area contributed by atoms with Crippen LogP contribution in [0.4, 0.5) is 0 Å². The van der Waals surface area contributed by atoms with Gasteiger partial charge in [0.15, 0.2) is 0 Å². The van der Waals surface area contributed by atoms with Crippen LogP contribution in [0, 0.1) is 0 Å². The molecule has 5 heteroatoms. The number of ether oxygens (including phenoxy) is 1. The zero-order valence-corrected chi connectivity index (χ0v) is 10.9. The van der Waals surface area contributed by atoms with Crippen LogP contribution in [0.3, 0.4) is 0 Å². The van der Waals surface area contributed by atoms with E-state index < -0.39 is 0 Å². The summed E-state index contributed by atoms with van der Waals surface area (Å²) in [7, 11) is 1.63. The number of aromatic nitrogens is 2. The van der Waals surface area contributed by atoms with Gasteiger partial charge in [0.25, 0.3) is 0 Å². The van der Waals surface area contributed by atoms with Crippen LogP contribution >= 0.6 is 11.6 Å². The normalized spacial score (nSPS) is 14.3. The molecule has 1 aromatic carbocycles. The molecule has 0 radical (unpaired) electrons. The Morgan fingerprint density at radius 1 is 1.44 bits per heavy atom. The van der Waals surface area contributed by atoms with E-state index in [-0.39, 0.29) is 0 Å². The summed E-state index contributed by atoms with van der Waals surface area (Å²) in [6, 6.07) is 5.81. The van der Waals surface area contributed by atoms with Gasteiger partial charge in [0.05, 0.1) is 30.6 Å². The Kier molecular flexibility index (Phi) is 2.97. The molecular weight excluding hydrogens is 250 g/mol. The van der Waals surface area contributed by atoms with E-state index in [1.807, 2.05) is 24.4 Å². The van der Waals surface area contributed by atoms with Crippen LogP contribution in [0.2, 0.25) is 5.02 Å². The summed E-state index contributed by atoms with van der Waals surface area (Å²) in [6.07, 6.45) is 1.91. The van der Waals surface area contributed by atoms with Crippen molar-refractivity contribution >= 4 is 11.6 Å². The van der Waals surface area contributed by atoms with Crippen LogP contribution in [-0.4, -0.2) is 23.2 Å². The van der Waals surface area contributed by atoms with Gasteiger partial charge in [-0.1, -0.05) is 17.7 Å². The first-order valence-electron chi connectivity index (χ1n) is 5.88. The van der Waals surface area contributed by atoms with Gasteiger partial charge in [-0.25, -0.2) is 4.98 Å². The molecule has 0 atom stereocenters. The second-order valence-electron chi connectivity index (χ2n) is 4.24. The third kappa shape index (κ3) is 1.87. The zero-order valence-electron chi connectivity index (χ0n) is 10.1. The lowest BCUT2D eigenvalue weighted by Gasteiger charge is -2.18. The summed E-state index contributed by atoms with van der Waals surface area (Å²) in [5.74, 6) is 1.77. The van der Waals surface area contributed by atoms with Crippen LogP contribution in [-0.2, 0) is 13.1 Å². The number of nitrogens with one attached hydrogen (secondary N) is 1. The summed E-state index contributed by atoms with van der Waals surface area (Å²) in [4.78, 5) is 4.44. The van der Waals surface area contributed by atoms with Crippen molar-refractivity contribution < 1.29 is 4.74 Å². The lowest BCUT2D eigenvalue weighted by Crippen LogP contribution is -2.28. The predicted octanol–water partition coefficient (Wildman–Crippen LogP) is 2.32. The Balaban J connectivity index is 2.07. The predicted molar refractivity (Wildman–Crippen MR) is 70.9 cm³/mol. The SMILES string of the molecule is COc1cc(-c2cnc3n2CCNC3)ccc1Cl. The Morgan fingerprint density at radius 3 is 3.17 bits per heavy atom. The molecule has 1 N–H and O–H groups in total. The Morgan fingerprint density at radius 2 is 2.33 bits per heavy atom. The molecule has 0 amide bonds. The van der Waals surface area contributed by atoms with Gasteiger partial charge in [0.2, 0.25) is 0 Å². The Hall–Kier alpha value is -1.52. The Bertz CT molecular complexity index is 580. The molecule has 4 nitrogen and oxygen atoms in total. The minimum atomic E-state index is 0.626.